The fourth-order valence-corrected chi connectivity index (χ4v) is 2.95. The highest BCUT2D eigenvalue weighted by molar-refractivity contribution is 6.12. The summed E-state index contributed by atoms with van der Waals surface area (Å²) in [6, 6.07) is 16.6. The SMILES string of the molecule is CCC(C)OCCOc1ccc(-c2cc(C(=O)NC(=N)N)c3ccccc3n2)cc1. The molecule has 4 N–H and O–H groups in total. The molecule has 2 aromatic carbocycles. The van der Waals surface area contributed by atoms with Gasteiger partial charge in [-0.05, 0) is 49.7 Å². The molecule has 0 spiro atoms. The van der Waals surface area contributed by atoms with E-state index in [0.717, 1.165) is 17.7 Å². The summed E-state index contributed by atoms with van der Waals surface area (Å²) in [7, 11) is 0. The summed E-state index contributed by atoms with van der Waals surface area (Å²) < 4.78 is 11.3. The number of para-hydroxylation sites is 1. The van der Waals surface area contributed by atoms with E-state index in [1.807, 2.05) is 55.5 Å². The number of hydrogen-bond donors (Lipinski definition) is 3. The number of carbonyl (C=O) groups excluding carboxylic acids is 1. The molecule has 0 bridgehead atoms. The first-order valence-electron chi connectivity index (χ1n) is 9.88. The van der Waals surface area contributed by atoms with Crippen LogP contribution in [0.5, 0.6) is 5.75 Å². The van der Waals surface area contributed by atoms with Crippen LogP contribution in [-0.4, -0.2) is 36.2 Å². The molecule has 7 nitrogen and oxygen atoms in total. The summed E-state index contributed by atoms with van der Waals surface area (Å²) >= 11 is 0. The van der Waals surface area contributed by atoms with E-state index in [-0.39, 0.29) is 6.10 Å². The average molecular weight is 406 g/mol. The number of carbonyl (C=O) groups is 1. The Hall–Kier alpha value is -3.45. The third-order valence-corrected chi connectivity index (χ3v) is 4.69. The number of nitrogens with two attached hydrogens (primary N) is 1. The highest BCUT2D eigenvalue weighted by Crippen LogP contribution is 2.26. The van der Waals surface area contributed by atoms with E-state index in [4.69, 9.17) is 20.6 Å². The second kappa shape index (κ2) is 9.84. The van der Waals surface area contributed by atoms with Gasteiger partial charge in [-0.15, -0.1) is 0 Å². The molecule has 0 saturated carbocycles. The Balaban J connectivity index is 1.80. The third-order valence-electron chi connectivity index (χ3n) is 4.69. The Morgan fingerprint density at radius 2 is 1.90 bits per heavy atom. The van der Waals surface area contributed by atoms with Crippen LogP contribution in [0.15, 0.2) is 54.6 Å². The second-order valence-electron chi connectivity index (χ2n) is 6.90. The van der Waals surface area contributed by atoms with Crippen molar-refractivity contribution in [3.8, 4) is 17.0 Å². The monoisotopic (exact) mass is 406 g/mol. The van der Waals surface area contributed by atoms with Crippen LogP contribution in [-0.2, 0) is 4.74 Å². The first-order chi connectivity index (χ1) is 14.5. The van der Waals surface area contributed by atoms with Crippen LogP contribution in [0.4, 0.5) is 0 Å². The lowest BCUT2D eigenvalue weighted by molar-refractivity contribution is 0.0427. The molecule has 3 aromatic rings. The van der Waals surface area contributed by atoms with Gasteiger partial charge in [0.1, 0.15) is 12.4 Å². The zero-order valence-electron chi connectivity index (χ0n) is 17.1. The standard InChI is InChI=1S/C23H26N4O3/c1-3-15(2)29-12-13-30-17-10-8-16(9-11-17)21-14-19(22(28)27-23(24)25)18-6-4-5-7-20(18)26-21/h4-11,14-15H,3,12-13H2,1-2H3,(H4,24,25,27,28). The van der Waals surface area contributed by atoms with Crippen LogP contribution in [0.25, 0.3) is 22.2 Å². The van der Waals surface area contributed by atoms with Crippen LogP contribution in [0.2, 0.25) is 0 Å². The Morgan fingerprint density at radius 1 is 1.17 bits per heavy atom. The molecule has 0 saturated heterocycles. The Kier molecular flexibility index (Phi) is 6.98. The minimum Gasteiger partial charge on any atom is -0.491 e. The largest absolute Gasteiger partial charge is 0.491 e. The van der Waals surface area contributed by atoms with E-state index in [0.29, 0.717) is 35.4 Å². The molecule has 0 aliphatic heterocycles. The Morgan fingerprint density at radius 3 is 2.60 bits per heavy atom. The number of guanidine groups is 1. The van der Waals surface area contributed by atoms with Crippen molar-refractivity contribution in [2.75, 3.05) is 13.2 Å². The number of aromatic nitrogens is 1. The molecule has 1 unspecified atom stereocenters. The molecule has 1 aromatic heterocycles. The fourth-order valence-electron chi connectivity index (χ4n) is 2.95. The van der Waals surface area contributed by atoms with Crippen LogP contribution in [0.3, 0.4) is 0 Å². The lowest BCUT2D eigenvalue weighted by Crippen LogP contribution is -2.35. The number of benzene rings is 2. The number of fused-ring (bicyclic) bond motifs is 1. The quantitative estimate of drug-likeness (QED) is 0.300. The van der Waals surface area contributed by atoms with Gasteiger partial charge in [0.15, 0.2) is 5.96 Å². The molecule has 7 heteroatoms. The third kappa shape index (κ3) is 5.33. The van der Waals surface area contributed by atoms with Gasteiger partial charge in [0, 0.05) is 10.9 Å². The normalized spacial score (nSPS) is 11.8. The molecule has 0 fully saturated rings. The number of nitrogens with one attached hydrogen (secondary N) is 2. The number of pyridine rings is 1. The van der Waals surface area contributed by atoms with Gasteiger partial charge in [-0.2, -0.15) is 0 Å². The van der Waals surface area contributed by atoms with E-state index in [9.17, 15) is 4.79 Å². The van der Waals surface area contributed by atoms with Crippen molar-refractivity contribution in [3.63, 3.8) is 0 Å². The van der Waals surface area contributed by atoms with E-state index in [1.165, 1.54) is 0 Å². The lowest BCUT2D eigenvalue weighted by atomic mass is 10.0. The molecular weight excluding hydrogens is 380 g/mol. The van der Waals surface area contributed by atoms with E-state index in [1.54, 1.807) is 6.07 Å². The number of hydrogen-bond acceptors (Lipinski definition) is 5. The maximum atomic E-state index is 12.5. The number of nitrogens with zero attached hydrogens (tertiary/aromatic N) is 1. The van der Waals surface area contributed by atoms with Crippen molar-refractivity contribution in [3.05, 3.63) is 60.2 Å². The summed E-state index contributed by atoms with van der Waals surface area (Å²) in [5.74, 6) is -0.105. The first-order valence-corrected chi connectivity index (χ1v) is 9.88. The van der Waals surface area contributed by atoms with Crippen molar-refractivity contribution < 1.29 is 14.3 Å². The number of amides is 1. The Labute approximate surface area is 175 Å². The zero-order chi connectivity index (χ0) is 21.5. The van der Waals surface area contributed by atoms with Crippen molar-refractivity contribution in [2.24, 2.45) is 5.73 Å². The lowest BCUT2D eigenvalue weighted by Gasteiger charge is -2.12. The summed E-state index contributed by atoms with van der Waals surface area (Å²) in [5, 5.41) is 10.4. The summed E-state index contributed by atoms with van der Waals surface area (Å²) in [6.07, 6.45) is 1.20. The first kappa shape index (κ1) is 21.3. The minimum atomic E-state index is -0.441. The zero-order valence-corrected chi connectivity index (χ0v) is 17.1. The van der Waals surface area contributed by atoms with Gasteiger partial charge < -0.3 is 15.2 Å². The van der Waals surface area contributed by atoms with Crippen molar-refractivity contribution in [1.82, 2.24) is 10.3 Å². The van der Waals surface area contributed by atoms with Gasteiger partial charge in [0.05, 0.1) is 29.5 Å². The number of ether oxygens (including phenoxy) is 2. The van der Waals surface area contributed by atoms with Crippen LogP contribution in [0.1, 0.15) is 30.6 Å². The van der Waals surface area contributed by atoms with E-state index in [2.05, 4.69) is 17.2 Å². The molecule has 0 aliphatic carbocycles. The van der Waals surface area contributed by atoms with Gasteiger partial charge >= 0.3 is 0 Å². The van der Waals surface area contributed by atoms with Gasteiger partial charge in [0.25, 0.3) is 5.91 Å². The van der Waals surface area contributed by atoms with E-state index >= 15 is 0 Å². The molecule has 30 heavy (non-hydrogen) atoms. The highest BCUT2D eigenvalue weighted by atomic mass is 16.5. The maximum Gasteiger partial charge on any atom is 0.258 e. The summed E-state index contributed by atoms with van der Waals surface area (Å²) in [4.78, 5) is 17.2. The van der Waals surface area contributed by atoms with Crippen molar-refractivity contribution in [2.45, 2.75) is 26.4 Å². The molecule has 156 valence electrons. The fraction of sp³-hybridized carbons (Fsp3) is 0.261. The molecule has 1 heterocycles. The smallest absolute Gasteiger partial charge is 0.258 e. The van der Waals surface area contributed by atoms with Crippen molar-refractivity contribution >= 4 is 22.8 Å². The summed E-state index contributed by atoms with van der Waals surface area (Å²) in [6.45, 7) is 5.14. The predicted octanol–water partition coefficient (Wildman–Crippen LogP) is 3.72. The number of rotatable bonds is 8. The van der Waals surface area contributed by atoms with E-state index < -0.39 is 11.9 Å². The average Bonchev–Trinajstić information content (AvgIpc) is 2.75. The minimum absolute atomic E-state index is 0.226. The molecule has 3 rings (SSSR count). The van der Waals surface area contributed by atoms with Gasteiger partial charge in [-0.25, -0.2) is 4.98 Å². The molecular formula is C23H26N4O3. The molecule has 1 atom stereocenters. The highest BCUT2D eigenvalue weighted by Gasteiger charge is 2.14. The van der Waals surface area contributed by atoms with Crippen LogP contribution < -0.4 is 15.8 Å². The molecule has 1 amide bonds. The van der Waals surface area contributed by atoms with Gasteiger partial charge in [0.2, 0.25) is 0 Å². The van der Waals surface area contributed by atoms with Crippen LogP contribution in [0, 0.1) is 5.41 Å². The van der Waals surface area contributed by atoms with Gasteiger partial charge in [-0.1, -0.05) is 25.1 Å². The maximum absolute atomic E-state index is 12.5. The molecule has 0 aliphatic rings. The topological polar surface area (TPSA) is 110 Å². The van der Waals surface area contributed by atoms with Crippen molar-refractivity contribution in [1.29, 1.82) is 5.41 Å². The Bertz CT molecular complexity index is 1030. The second-order valence-corrected chi connectivity index (χ2v) is 6.90. The van der Waals surface area contributed by atoms with Gasteiger partial charge in [-0.3, -0.25) is 15.5 Å². The molecule has 0 radical (unpaired) electrons. The summed E-state index contributed by atoms with van der Waals surface area (Å²) in [5.41, 5.74) is 7.92. The van der Waals surface area contributed by atoms with Crippen LogP contribution >= 0.6 is 0 Å². The predicted molar refractivity (Wildman–Crippen MR) is 118 cm³/mol.